The topological polar surface area (TPSA) is 0 Å². The number of hydrogen-bond donors (Lipinski definition) is 0. The Labute approximate surface area is 122 Å². The number of fused-ring (bicyclic) bond motifs is 1. The van der Waals surface area contributed by atoms with Crippen LogP contribution in [0, 0.1) is 5.92 Å². The van der Waals surface area contributed by atoms with E-state index < -0.39 is 0 Å². The highest BCUT2D eigenvalue weighted by molar-refractivity contribution is 9.11. The molecule has 88 valence electrons. The molecule has 1 atom stereocenters. The van der Waals surface area contributed by atoms with Crippen molar-refractivity contribution in [2.75, 3.05) is 0 Å². The molecule has 1 aliphatic rings. The Morgan fingerprint density at radius 1 is 1.12 bits per heavy atom. The molecule has 0 saturated carbocycles. The smallest absolute Gasteiger partial charge is 0.0534 e. The number of alkyl halides is 1. The molecule has 1 aliphatic carbocycles. The van der Waals surface area contributed by atoms with Crippen LogP contribution >= 0.6 is 43.2 Å². The van der Waals surface area contributed by atoms with Crippen LogP contribution in [0.2, 0.25) is 0 Å². The maximum absolute atomic E-state index is 3.88. The van der Waals surface area contributed by atoms with Gasteiger partial charge in [-0.3, -0.25) is 0 Å². The summed E-state index contributed by atoms with van der Waals surface area (Å²) in [6, 6.07) is 10.9. The molecule has 1 unspecified atom stereocenters. The van der Waals surface area contributed by atoms with Crippen molar-refractivity contribution in [1.29, 1.82) is 0 Å². The third-order valence-electron chi connectivity index (χ3n) is 3.39. The summed E-state index contributed by atoms with van der Waals surface area (Å²) in [6.07, 6.45) is 2.38. The molecule has 0 amide bonds. The second-order valence-electron chi connectivity index (χ2n) is 4.47. The van der Waals surface area contributed by atoms with Crippen molar-refractivity contribution in [2.45, 2.75) is 17.7 Å². The lowest BCUT2D eigenvalue weighted by Crippen LogP contribution is -2.06. The molecular weight excluding hydrogens is 360 g/mol. The molecule has 0 spiro atoms. The highest BCUT2D eigenvalue weighted by Gasteiger charge is 2.29. The SMILES string of the molecule is Brc1ccsc1C(Br)C1Cc2ccccc2C1. The van der Waals surface area contributed by atoms with Crippen LogP contribution in [0.25, 0.3) is 0 Å². The van der Waals surface area contributed by atoms with Crippen molar-refractivity contribution >= 4 is 43.2 Å². The molecule has 0 bridgehead atoms. The predicted octanol–water partition coefficient (Wildman–Crippen LogP) is 5.36. The molecule has 0 nitrogen and oxygen atoms in total. The van der Waals surface area contributed by atoms with E-state index in [9.17, 15) is 0 Å². The van der Waals surface area contributed by atoms with E-state index in [1.165, 1.54) is 33.3 Å². The summed E-state index contributed by atoms with van der Waals surface area (Å²) in [5, 5.41) is 2.15. The Balaban J connectivity index is 1.83. The van der Waals surface area contributed by atoms with Gasteiger partial charge in [0.15, 0.2) is 0 Å². The first-order valence-electron chi connectivity index (χ1n) is 5.69. The van der Waals surface area contributed by atoms with E-state index in [2.05, 4.69) is 67.6 Å². The lowest BCUT2D eigenvalue weighted by atomic mass is 10.0. The number of thiophene rings is 1. The van der Waals surface area contributed by atoms with Gasteiger partial charge >= 0.3 is 0 Å². The molecule has 0 saturated heterocycles. The first-order chi connectivity index (χ1) is 8.25. The number of benzene rings is 1. The number of rotatable bonds is 2. The fraction of sp³-hybridized carbons (Fsp3) is 0.286. The molecule has 1 heterocycles. The van der Waals surface area contributed by atoms with Gasteiger partial charge in [-0.05, 0) is 57.3 Å². The van der Waals surface area contributed by atoms with Crippen LogP contribution in [0.4, 0.5) is 0 Å². The summed E-state index contributed by atoms with van der Waals surface area (Å²) in [5.41, 5.74) is 3.05. The Morgan fingerprint density at radius 2 is 1.76 bits per heavy atom. The summed E-state index contributed by atoms with van der Waals surface area (Å²) < 4.78 is 1.24. The lowest BCUT2D eigenvalue weighted by molar-refractivity contribution is 0.558. The number of halogens is 2. The van der Waals surface area contributed by atoms with Crippen LogP contribution in [0.3, 0.4) is 0 Å². The molecule has 1 aromatic heterocycles. The minimum atomic E-state index is 0.462. The largest absolute Gasteiger partial charge is 0.147 e. The second-order valence-corrected chi connectivity index (χ2v) is 7.26. The van der Waals surface area contributed by atoms with Gasteiger partial charge in [0, 0.05) is 9.35 Å². The normalized spacial score (nSPS) is 17.1. The van der Waals surface area contributed by atoms with E-state index in [-0.39, 0.29) is 0 Å². The molecule has 3 heteroatoms. The van der Waals surface area contributed by atoms with Gasteiger partial charge in [0.25, 0.3) is 0 Å². The summed E-state index contributed by atoms with van der Waals surface area (Å²) in [4.78, 5) is 1.88. The lowest BCUT2D eigenvalue weighted by Gasteiger charge is -2.16. The minimum absolute atomic E-state index is 0.462. The van der Waals surface area contributed by atoms with Crippen LogP contribution in [-0.4, -0.2) is 0 Å². The average molecular weight is 372 g/mol. The van der Waals surface area contributed by atoms with Gasteiger partial charge in [0.1, 0.15) is 0 Å². The molecule has 2 aromatic rings. The monoisotopic (exact) mass is 370 g/mol. The van der Waals surface area contributed by atoms with Crippen molar-refractivity contribution in [3.05, 3.63) is 56.2 Å². The molecular formula is C14H12Br2S. The fourth-order valence-corrected chi connectivity index (χ4v) is 5.46. The Bertz CT molecular complexity index is 508. The maximum atomic E-state index is 3.88. The molecule has 3 rings (SSSR count). The van der Waals surface area contributed by atoms with E-state index in [0.29, 0.717) is 10.7 Å². The maximum Gasteiger partial charge on any atom is 0.0534 e. The Morgan fingerprint density at radius 3 is 2.29 bits per heavy atom. The zero-order chi connectivity index (χ0) is 11.8. The van der Waals surface area contributed by atoms with Crippen molar-refractivity contribution < 1.29 is 0 Å². The van der Waals surface area contributed by atoms with Gasteiger partial charge in [-0.25, -0.2) is 0 Å². The van der Waals surface area contributed by atoms with Crippen molar-refractivity contribution in [3.63, 3.8) is 0 Å². The van der Waals surface area contributed by atoms with E-state index in [1.807, 2.05) is 11.3 Å². The second kappa shape index (κ2) is 4.87. The van der Waals surface area contributed by atoms with Gasteiger partial charge < -0.3 is 0 Å². The highest BCUT2D eigenvalue weighted by Crippen LogP contribution is 2.44. The van der Waals surface area contributed by atoms with Gasteiger partial charge in [0.2, 0.25) is 0 Å². The zero-order valence-electron chi connectivity index (χ0n) is 9.20. The van der Waals surface area contributed by atoms with Crippen LogP contribution < -0.4 is 0 Å². The predicted molar refractivity (Wildman–Crippen MR) is 81.0 cm³/mol. The highest BCUT2D eigenvalue weighted by atomic mass is 79.9. The first kappa shape index (κ1) is 11.9. The summed E-state index contributed by atoms with van der Waals surface area (Å²) in [6.45, 7) is 0. The van der Waals surface area contributed by atoms with Gasteiger partial charge in [-0.15, -0.1) is 11.3 Å². The molecule has 0 fully saturated rings. The Hall–Kier alpha value is -0.120. The first-order valence-corrected chi connectivity index (χ1v) is 8.28. The molecule has 17 heavy (non-hydrogen) atoms. The van der Waals surface area contributed by atoms with Crippen molar-refractivity contribution in [3.8, 4) is 0 Å². The fourth-order valence-electron chi connectivity index (χ4n) is 2.52. The van der Waals surface area contributed by atoms with E-state index in [0.717, 1.165) is 0 Å². The third kappa shape index (κ3) is 2.25. The van der Waals surface area contributed by atoms with Crippen LogP contribution in [0.5, 0.6) is 0 Å². The minimum Gasteiger partial charge on any atom is -0.147 e. The standard InChI is InChI=1S/C14H12Br2S/c15-12-5-6-17-14(12)13(16)11-7-9-3-1-2-4-10(9)8-11/h1-6,11,13H,7-8H2. The van der Waals surface area contributed by atoms with Crippen LogP contribution in [-0.2, 0) is 12.8 Å². The van der Waals surface area contributed by atoms with Gasteiger partial charge in [-0.2, -0.15) is 0 Å². The average Bonchev–Trinajstić information content (AvgIpc) is 2.93. The zero-order valence-corrected chi connectivity index (χ0v) is 13.2. The van der Waals surface area contributed by atoms with E-state index in [1.54, 1.807) is 0 Å². The van der Waals surface area contributed by atoms with Crippen LogP contribution in [0.1, 0.15) is 20.8 Å². The Kier molecular flexibility index (Phi) is 3.42. The van der Waals surface area contributed by atoms with Crippen molar-refractivity contribution in [1.82, 2.24) is 0 Å². The van der Waals surface area contributed by atoms with E-state index >= 15 is 0 Å². The summed E-state index contributed by atoms with van der Waals surface area (Å²) in [7, 11) is 0. The summed E-state index contributed by atoms with van der Waals surface area (Å²) >= 11 is 9.34. The molecule has 0 radical (unpaired) electrons. The quantitative estimate of drug-likeness (QED) is 0.623. The molecule has 0 N–H and O–H groups in total. The molecule has 0 aliphatic heterocycles. The third-order valence-corrected chi connectivity index (χ3v) is 6.85. The van der Waals surface area contributed by atoms with Gasteiger partial charge in [-0.1, -0.05) is 40.2 Å². The van der Waals surface area contributed by atoms with Crippen LogP contribution in [0.15, 0.2) is 40.2 Å². The van der Waals surface area contributed by atoms with E-state index in [4.69, 9.17) is 0 Å². The van der Waals surface area contributed by atoms with Gasteiger partial charge in [0.05, 0.1) is 4.83 Å². The van der Waals surface area contributed by atoms with Crippen molar-refractivity contribution in [2.24, 2.45) is 5.92 Å². The molecule has 1 aromatic carbocycles. The summed E-state index contributed by atoms with van der Waals surface area (Å²) in [5.74, 6) is 0.683. The number of hydrogen-bond acceptors (Lipinski definition) is 1.